The molecule has 3 N–H and O–H groups in total. The monoisotopic (exact) mass is 327 g/mol. The van der Waals surface area contributed by atoms with Gasteiger partial charge in [0.1, 0.15) is 0 Å². The molecule has 5 nitrogen and oxygen atoms in total. The fourth-order valence-corrected chi connectivity index (χ4v) is 3.71. The maximum absolute atomic E-state index is 12.0. The molecule has 1 aromatic carbocycles. The van der Waals surface area contributed by atoms with Gasteiger partial charge in [0, 0.05) is 25.0 Å². The quantitative estimate of drug-likeness (QED) is 0.827. The van der Waals surface area contributed by atoms with Crippen molar-refractivity contribution in [3.05, 3.63) is 18.2 Å². The van der Waals surface area contributed by atoms with Crippen molar-refractivity contribution in [3.63, 3.8) is 0 Å². The molecular weight excluding hydrogens is 306 g/mol. The van der Waals surface area contributed by atoms with Gasteiger partial charge >= 0.3 is 0 Å². The predicted octanol–water partition coefficient (Wildman–Crippen LogP) is 1.98. The van der Waals surface area contributed by atoms with Crippen molar-refractivity contribution in [1.82, 2.24) is 0 Å². The predicted molar refractivity (Wildman–Crippen MR) is 90.6 cm³/mol. The van der Waals surface area contributed by atoms with Crippen LogP contribution in [0.5, 0.6) is 0 Å². The molecule has 1 aliphatic rings. The lowest BCUT2D eigenvalue weighted by molar-refractivity contribution is 0.445. The number of piperidine rings is 1. The average molecular weight is 327 g/mol. The molecule has 1 saturated heterocycles. The van der Waals surface area contributed by atoms with Gasteiger partial charge in [-0.25, -0.2) is 8.42 Å². The molecule has 1 atom stereocenters. The minimum Gasteiger partial charge on any atom is -0.376 e. The molecule has 0 amide bonds. The Morgan fingerprint density at radius 1 is 1.48 bits per heavy atom. The van der Waals surface area contributed by atoms with Gasteiger partial charge in [-0.3, -0.25) is 0 Å². The minimum absolute atomic E-state index is 0.167. The van der Waals surface area contributed by atoms with Gasteiger partial charge in [0.25, 0.3) is 0 Å². The topological polar surface area (TPSA) is 75.4 Å². The van der Waals surface area contributed by atoms with Crippen LogP contribution >= 0.6 is 12.2 Å². The summed E-state index contributed by atoms with van der Waals surface area (Å²) in [5.74, 6) is 0.554. The second-order valence-corrected chi connectivity index (χ2v) is 8.06. The zero-order valence-corrected chi connectivity index (χ0v) is 13.9. The third kappa shape index (κ3) is 4.07. The average Bonchev–Trinajstić information content (AvgIpc) is 2.36. The van der Waals surface area contributed by atoms with Gasteiger partial charge in [0.2, 0.25) is 0 Å². The largest absolute Gasteiger partial charge is 0.376 e. The van der Waals surface area contributed by atoms with Crippen molar-refractivity contribution in [2.24, 2.45) is 11.7 Å². The van der Waals surface area contributed by atoms with Gasteiger partial charge in [-0.2, -0.15) is 0 Å². The molecular formula is C14H21N3O2S2. The van der Waals surface area contributed by atoms with Crippen LogP contribution in [0, 0.1) is 5.92 Å². The zero-order chi connectivity index (χ0) is 15.6. The van der Waals surface area contributed by atoms with E-state index in [1.807, 2.05) is 6.07 Å². The highest BCUT2D eigenvalue weighted by atomic mass is 32.2. The molecule has 1 heterocycles. The highest BCUT2D eigenvalue weighted by Crippen LogP contribution is 2.31. The summed E-state index contributed by atoms with van der Waals surface area (Å²) >= 11 is 4.84. The number of sulfone groups is 1. The summed E-state index contributed by atoms with van der Waals surface area (Å²) in [6, 6.07) is 5.12. The lowest BCUT2D eigenvalue weighted by atomic mass is 10.00. The van der Waals surface area contributed by atoms with E-state index in [2.05, 4.69) is 17.1 Å². The highest BCUT2D eigenvalue weighted by Gasteiger charge is 2.23. The number of benzene rings is 1. The molecule has 0 saturated carbocycles. The minimum atomic E-state index is -3.28. The Labute approximate surface area is 131 Å². The van der Waals surface area contributed by atoms with Crippen molar-refractivity contribution >= 4 is 38.5 Å². The Hall–Kier alpha value is -1.34. The summed E-state index contributed by atoms with van der Waals surface area (Å²) in [5, 5.41) is 3.03. The van der Waals surface area contributed by atoms with E-state index in [9.17, 15) is 8.42 Å². The maximum Gasteiger partial charge on any atom is 0.177 e. The van der Waals surface area contributed by atoms with Crippen LogP contribution in [-0.2, 0) is 9.84 Å². The fourth-order valence-electron chi connectivity index (χ4n) is 2.71. The molecule has 1 aromatic rings. The smallest absolute Gasteiger partial charge is 0.177 e. The highest BCUT2D eigenvalue weighted by molar-refractivity contribution is 7.90. The summed E-state index contributed by atoms with van der Waals surface area (Å²) in [4.78, 5) is 2.49. The molecule has 0 bridgehead atoms. The molecule has 0 aliphatic carbocycles. The number of nitrogens with two attached hydrogens (primary N) is 1. The Bertz CT molecular complexity index is 644. The summed E-state index contributed by atoms with van der Waals surface area (Å²) < 4.78 is 24.0. The summed E-state index contributed by atoms with van der Waals surface area (Å²) in [5.41, 5.74) is 6.93. The molecule has 116 valence electrons. The molecule has 7 heteroatoms. The zero-order valence-electron chi connectivity index (χ0n) is 12.3. The molecule has 2 rings (SSSR count). The SMILES string of the molecule is CC1CCCN(c2cc(NC(N)=S)ccc2S(C)(=O)=O)C1. The second kappa shape index (κ2) is 6.19. The van der Waals surface area contributed by atoms with Gasteiger partial charge in [-0.15, -0.1) is 0 Å². The number of rotatable bonds is 3. The standard InChI is InChI=1S/C14H21N3O2S2/c1-10-4-3-7-17(9-10)12-8-11(16-14(15)20)5-6-13(12)21(2,18)19/h5-6,8,10H,3-4,7,9H2,1-2H3,(H3,15,16,20). The van der Waals surface area contributed by atoms with Crippen LogP contribution in [0.3, 0.4) is 0 Å². The lowest BCUT2D eigenvalue weighted by Crippen LogP contribution is -2.35. The fraction of sp³-hybridized carbons (Fsp3) is 0.500. The third-order valence-corrected chi connectivity index (χ3v) is 4.87. The van der Waals surface area contributed by atoms with Gasteiger partial charge in [-0.1, -0.05) is 6.92 Å². The molecule has 1 aliphatic heterocycles. The van der Waals surface area contributed by atoms with Gasteiger partial charge in [0.05, 0.1) is 10.6 Å². The van der Waals surface area contributed by atoms with Crippen molar-refractivity contribution in [2.75, 3.05) is 29.6 Å². The second-order valence-electron chi connectivity index (χ2n) is 5.64. The third-order valence-electron chi connectivity index (χ3n) is 3.62. The van der Waals surface area contributed by atoms with E-state index < -0.39 is 9.84 Å². The van der Waals surface area contributed by atoms with Crippen LogP contribution in [0.15, 0.2) is 23.1 Å². The van der Waals surface area contributed by atoms with Crippen LogP contribution < -0.4 is 16.0 Å². The summed E-state index contributed by atoms with van der Waals surface area (Å²) in [7, 11) is -3.28. The molecule has 0 aromatic heterocycles. The van der Waals surface area contributed by atoms with E-state index in [4.69, 9.17) is 18.0 Å². The first kappa shape index (κ1) is 16.0. The molecule has 1 unspecified atom stereocenters. The van der Waals surface area contributed by atoms with E-state index in [0.29, 0.717) is 16.5 Å². The Morgan fingerprint density at radius 2 is 2.19 bits per heavy atom. The van der Waals surface area contributed by atoms with Gasteiger partial charge in [-0.05, 0) is 49.2 Å². The normalized spacial score (nSPS) is 19.3. The summed E-state index contributed by atoms with van der Waals surface area (Å²) in [6.45, 7) is 3.91. The van der Waals surface area contributed by atoms with Crippen LogP contribution in [0.2, 0.25) is 0 Å². The van der Waals surface area contributed by atoms with Crippen molar-refractivity contribution in [1.29, 1.82) is 0 Å². The first-order chi connectivity index (χ1) is 9.77. The maximum atomic E-state index is 12.0. The van der Waals surface area contributed by atoms with E-state index in [-0.39, 0.29) is 5.11 Å². The van der Waals surface area contributed by atoms with Crippen molar-refractivity contribution in [2.45, 2.75) is 24.7 Å². The van der Waals surface area contributed by atoms with E-state index in [1.165, 1.54) is 12.7 Å². The number of nitrogens with zero attached hydrogens (tertiary/aromatic N) is 1. The Kier molecular flexibility index (Phi) is 4.73. The molecule has 0 spiro atoms. The van der Waals surface area contributed by atoms with Crippen LogP contribution in [0.4, 0.5) is 11.4 Å². The van der Waals surface area contributed by atoms with Crippen molar-refractivity contribution in [3.8, 4) is 0 Å². The van der Waals surface area contributed by atoms with E-state index >= 15 is 0 Å². The first-order valence-corrected chi connectivity index (χ1v) is 9.23. The Balaban J connectivity index is 2.45. The number of hydrogen-bond donors (Lipinski definition) is 2. The number of nitrogens with one attached hydrogen (secondary N) is 1. The van der Waals surface area contributed by atoms with E-state index in [1.54, 1.807) is 12.1 Å². The van der Waals surface area contributed by atoms with Crippen LogP contribution in [0.25, 0.3) is 0 Å². The number of anilines is 2. The first-order valence-electron chi connectivity index (χ1n) is 6.93. The van der Waals surface area contributed by atoms with Gasteiger partial charge < -0.3 is 16.0 Å². The lowest BCUT2D eigenvalue weighted by Gasteiger charge is -2.34. The van der Waals surface area contributed by atoms with Crippen LogP contribution in [0.1, 0.15) is 19.8 Å². The molecule has 21 heavy (non-hydrogen) atoms. The number of thiocarbonyl (C=S) groups is 1. The van der Waals surface area contributed by atoms with E-state index in [0.717, 1.165) is 25.2 Å². The summed E-state index contributed by atoms with van der Waals surface area (Å²) in [6.07, 6.45) is 3.48. The Morgan fingerprint density at radius 3 is 2.76 bits per heavy atom. The molecule has 0 radical (unpaired) electrons. The molecule has 1 fully saturated rings. The van der Waals surface area contributed by atoms with Crippen LogP contribution in [-0.4, -0.2) is 32.9 Å². The van der Waals surface area contributed by atoms with Gasteiger partial charge in [0.15, 0.2) is 14.9 Å². The van der Waals surface area contributed by atoms with Crippen molar-refractivity contribution < 1.29 is 8.42 Å². The number of hydrogen-bond acceptors (Lipinski definition) is 4.